The Balaban J connectivity index is 2.83. The van der Waals surface area contributed by atoms with Crippen LogP contribution in [-0.2, 0) is 13.6 Å². The smallest absolute Gasteiger partial charge is 0.285 e. The van der Waals surface area contributed by atoms with E-state index in [-0.39, 0.29) is 5.69 Å². The Hall–Kier alpha value is -0.970. The Morgan fingerprint density at radius 3 is 2.92 bits per heavy atom. The lowest BCUT2D eigenvalue weighted by molar-refractivity contribution is 0.641. The van der Waals surface area contributed by atoms with Crippen molar-refractivity contribution in [3.05, 3.63) is 29.0 Å². The average molecular weight is 185 g/mol. The van der Waals surface area contributed by atoms with Crippen molar-refractivity contribution in [3.8, 4) is 0 Å². The van der Waals surface area contributed by atoms with E-state index in [0.717, 1.165) is 5.57 Å². The standard InChI is InChI=1S/C7H11N3OS/c1-6(4-12)3-10-7(11)9(2)5-8-10/h5,12H,1,3-4H2,2H3. The molecule has 0 aliphatic heterocycles. The molecule has 1 aromatic heterocycles. The van der Waals surface area contributed by atoms with Crippen LogP contribution >= 0.6 is 12.6 Å². The number of rotatable bonds is 3. The van der Waals surface area contributed by atoms with Crippen molar-refractivity contribution >= 4 is 12.6 Å². The van der Waals surface area contributed by atoms with Crippen LogP contribution in [0, 0.1) is 0 Å². The first-order valence-corrected chi connectivity index (χ1v) is 4.14. The maximum absolute atomic E-state index is 11.2. The Kier molecular flexibility index (Phi) is 2.75. The van der Waals surface area contributed by atoms with E-state index in [4.69, 9.17) is 0 Å². The van der Waals surface area contributed by atoms with Gasteiger partial charge in [-0.15, -0.1) is 0 Å². The van der Waals surface area contributed by atoms with E-state index in [1.54, 1.807) is 7.05 Å². The molecule has 0 saturated carbocycles. The van der Waals surface area contributed by atoms with Gasteiger partial charge in [-0.05, 0) is 5.57 Å². The van der Waals surface area contributed by atoms with Crippen molar-refractivity contribution < 1.29 is 0 Å². The summed E-state index contributed by atoms with van der Waals surface area (Å²) >= 11 is 4.04. The van der Waals surface area contributed by atoms with Gasteiger partial charge in [-0.3, -0.25) is 4.57 Å². The number of hydrogen-bond acceptors (Lipinski definition) is 3. The molecule has 0 atom stereocenters. The highest BCUT2D eigenvalue weighted by molar-refractivity contribution is 7.80. The molecule has 0 spiro atoms. The number of thiol groups is 1. The largest absolute Gasteiger partial charge is 0.345 e. The van der Waals surface area contributed by atoms with Crippen LogP contribution < -0.4 is 5.69 Å². The van der Waals surface area contributed by atoms with Crippen LogP contribution in [-0.4, -0.2) is 20.1 Å². The highest BCUT2D eigenvalue weighted by atomic mass is 32.1. The maximum Gasteiger partial charge on any atom is 0.345 e. The molecule has 0 unspecified atom stereocenters. The van der Waals surface area contributed by atoms with Gasteiger partial charge < -0.3 is 0 Å². The third-order valence-electron chi connectivity index (χ3n) is 1.48. The molecule has 5 heteroatoms. The molecule has 1 aromatic rings. The molecule has 4 nitrogen and oxygen atoms in total. The monoisotopic (exact) mass is 185 g/mol. The summed E-state index contributed by atoms with van der Waals surface area (Å²) in [6, 6.07) is 0. The topological polar surface area (TPSA) is 39.8 Å². The van der Waals surface area contributed by atoms with Crippen LogP contribution in [0.2, 0.25) is 0 Å². The molecule has 12 heavy (non-hydrogen) atoms. The van der Waals surface area contributed by atoms with Crippen LogP contribution in [0.15, 0.2) is 23.3 Å². The van der Waals surface area contributed by atoms with Crippen LogP contribution in [0.5, 0.6) is 0 Å². The first-order chi connectivity index (χ1) is 5.65. The van der Waals surface area contributed by atoms with Crippen LogP contribution in [0.3, 0.4) is 0 Å². The van der Waals surface area contributed by atoms with Gasteiger partial charge in [-0.2, -0.15) is 17.7 Å². The van der Waals surface area contributed by atoms with Gasteiger partial charge in [0.05, 0.1) is 6.54 Å². The zero-order valence-electron chi connectivity index (χ0n) is 6.90. The Morgan fingerprint density at radius 2 is 2.50 bits per heavy atom. The van der Waals surface area contributed by atoms with Gasteiger partial charge in [0.25, 0.3) is 0 Å². The third-order valence-corrected chi connectivity index (χ3v) is 1.93. The van der Waals surface area contributed by atoms with Crippen LogP contribution in [0.25, 0.3) is 0 Å². The van der Waals surface area contributed by atoms with E-state index >= 15 is 0 Å². The molecule has 0 fully saturated rings. The van der Waals surface area contributed by atoms with E-state index in [1.807, 2.05) is 0 Å². The van der Waals surface area contributed by atoms with E-state index in [0.29, 0.717) is 12.3 Å². The van der Waals surface area contributed by atoms with E-state index < -0.39 is 0 Å². The summed E-state index contributed by atoms with van der Waals surface area (Å²) < 4.78 is 2.78. The van der Waals surface area contributed by atoms with E-state index in [2.05, 4.69) is 24.3 Å². The molecule has 0 aliphatic rings. The zero-order valence-corrected chi connectivity index (χ0v) is 7.79. The van der Waals surface area contributed by atoms with Gasteiger partial charge in [0.1, 0.15) is 6.33 Å². The van der Waals surface area contributed by atoms with Crippen molar-refractivity contribution in [2.45, 2.75) is 6.54 Å². The molecular formula is C7H11N3OS. The minimum atomic E-state index is -0.127. The number of aryl methyl sites for hydroxylation is 1. The lowest BCUT2D eigenvalue weighted by Gasteiger charge is -1.99. The van der Waals surface area contributed by atoms with Gasteiger partial charge in [0, 0.05) is 12.8 Å². The number of aromatic nitrogens is 3. The van der Waals surface area contributed by atoms with Crippen molar-refractivity contribution in [3.63, 3.8) is 0 Å². The van der Waals surface area contributed by atoms with Crippen molar-refractivity contribution in [2.24, 2.45) is 7.05 Å². The van der Waals surface area contributed by atoms with E-state index in [1.165, 1.54) is 15.6 Å². The predicted molar refractivity (Wildman–Crippen MR) is 50.5 cm³/mol. The summed E-state index contributed by atoms with van der Waals surface area (Å²) in [7, 11) is 1.66. The molecular weight excluding hydrogens is 174 g/mol. The van der Waals surface area contributed by atoms with Crippen molar-refractivity contribution in [1.82, 2.24) is 14.3 Å². The van der Waals surface area contributed by atoms with Crippen molar-refractivity contribution in [1.29, 1.82) is 0 Å². The SMILES string of the molecule is C=C(CS)Cn1ncn(C)c1=O. The summed E-state index contributed by atoms with van der Waals surface area (Å²) in [6.45, 7) is 4.18. The molecule has 0 amide bonds. The second-order valence-corrected chi connectivity index (χ2v) is 2.91. The summed E-state index contributed by atoms with van der Waals surface area (Å²) in [5.41, 5.74) is 0.747. The number of hydrogen-bond donors (Lipinski definition) is 1. The second-order valence-electron chi connectivity index (χ2n) is 2.59. The van der Waals surface area contributed by atoms with Gasteiger partial charge in [0.2, 0.25) is 0 Å². The summed E-state index contributed by atoms with van der Waals surface area (Å²) in [4.78, 5) is 11.2. The Morgan fingerprint density at radius 1 is 1.83 bits per heavy atom. The number of nitrogens with zero attached hydrogens (tertiary/aromatic N) is 3. The average Bonchev–Trinajstić information content (AvgIpc) is 2.36. The van der Waals surface area contributed by atoms with Gasteiger partial charge in [-0.1, -0.05) is 6.58 Å². The first-order valence-electron chi connectivity index (χ1n) is 3.51. The highest BCUT2D eigenvalue weighted by Crippen LogP contribution is 1.94. The molecule has 0 N–H and O–H groups in total. The lowest BCUT2D eigenvalue weighted by Crippen LogP contribution is -2.23. The molecule has 0 aliphatic carbocycles. The van der Waals surface area contributed by atoms with Gasteiger partial charge in [-0.25, -0.2) is 9.48 Å². The predicted octanol–water partition coefficient (Wildman–Crippen LogP) is 0.0678. The quantitative estimate of drug-likeness (QED) is 0.534. The van der Waals surface area contributed by atoms with Crippen molar-refractivity contribution in [2.75, 3.05) is 5.75 Å². The Bertz CT molecular complexity index is 339. The lowest BCUT2D eigenvalue weighted by atomic mass is 10.3. The fourth-order valence-electron chi connectivity index (χ4n) is 0.791. The highest BCUT2D eigenvalue weighted by Gasteiger charge is 2.01. The second kappa shape index (κ2) is 3.62. The first kappa shape index (κ1) is 9.12. The normalized spacial score (nSPS) is 10.2. The van der Waals surface area contributed by atoms with Crippen LogP contribution in [0.1, 0.15) is 0 Å². The Labute approximate surface area is 75.9 Å². The van der Waals surface area contributed by atoms with Gasteiger partial charge >= 0.3 is 5.69 Å². The minimum Gasteiger partial charge on any atom is -0.285 e. The molecule has 0 bridgehead atoms. The molecule has 1 rings (SSSR count). The molecule has 0 aromatic carbocycles. The summed E-state index contributed by atoms with van der Waals surface area (Å²) in [5, 5.41) is 3.88. The fraction of sp³-hybridized carbons (Fsp3) is 0.429. The molecule has 1 heterocycles. The van der Waals surface area contributed by atoms with Crippen LogP contribution in [0.4, 0.5) is 0 Å². The van der Waals surface area contributed by atoms with Gasteiger partial charge in [0.15, 0.2) is 0 Å². The third kappa shape index (κ3) is 1.79. The zero-order chi connectivity index (χ0) is 9.14. The summed E-state index contributed by atoms with van der Waals surface area (Å²) in [5.74, 6) is 0.572. The minimum absolute atomic E-state index is 0.127. The van der Waals surface area contributed by atoms with E-state index in [9.17, 15) is 4.79 Å². The summed E-state index contributed by atoms with van der Waals surface area (Å²) in [6.07, 6.45) is 1.48. The molecule has 0 radical (unpaired) electrons. The molecule has 66 valence electrons. The fourth-order valence-corrected chi connectivity index (χ4v) is 0.891. The maximum atomic E-state index is 11.2. The molecule has 0 saturated heterocycles.